The molecule has 0 spiro atoms. The predicted octanol–water partition coefficient (Wildman–Crippen LogP) is 2.22. The van der Waals surface area contributed by atoms with Crippen LogP contribution in [0.25, 0.3) is 0 Å². The molecule has 3 rings (SSSR count). The van der Waals surface area contributed by atoms with Gasteiger partial charge in [0.2, 0.25) is 6.41 Å². The lowest BCUT2D eigenvalue weighted by Gasteiger charge is -2.17. The molecule has 26 heavy (non-hydrogen) atoms. The van der Waals surface area contributed by atoms with Gasteiger partial charge in [0.1, 0.15) is 22.9 Å². The van der Waals surface area contributed by atoms with E-state index in [-0.39, 0.29) is 23.1 Å². The van der Waals surface area contributed by atoms with Gasteiger partial charge in [0.25, 0.3) is 5.91 Å². The first-order valence-electron chi connectivity index (χ1n) is 8.25. The second kappa shape index (κ2) is 7.30. The quantitative estimate of drug-likeness (QED) is 0.566. The van der Waals surface area contributed by atoms with E-state index in [0.29, 0.717) is 29.5 Å². The van der Waals surface area contributed by atoms with Gasteiger partial charge in [-0.05, 0) is 36.5 Å². The average Bonchev–Trinajstić information content (AvgIpc) is 3.46. The fourth-order valence-corrected chi connectivity index (χ4v) is 2.79. The maximum atomic E-state index is 12.2. The van der Waals surface area contributed by atoms with E-state index in [0.717, 1.165) is 0 Å². The third kappa shape index (κ3) is 3.53. The van der Waals surface area contributed by atoms with Gasteiger partial charge in [-0.15, -0.1) is 0 Å². The maximum absolute atomic E-state index is 12.2. The second-order valence-electron chi connectivity index (χ2n) is 6.02. The number of nitrogens with zero attached hydrogens (tertiary/aromatic N) is 1. The number of nitrogens with two attached hydrogens (primary N) is 1. The summed E-state index contributed by atoms with van der Waals surface area (Å²) in [6.07, 6.45) is 2.88. The van der Waals surface area contributed by atoms with E-state index < -0.39 is 0 Å². The lowest BCUT2D eigenvalue weighted by atomic mass is 10.1. The van der Waals surface area contributed by atoms with E-state index in [1.54, 1.807) is 13.2 Å². The van der Waals surface area contributed by atoms with Crippen molar-refractivity contribution in [1.29, 1.82) is 0 Å². The Morgan fingerprint density at radius 1 is 1.31 bits per heavy atom. The number of pyridine rings is 1. The van der Waals surface area contributed by atoms with Crippen LogP contribution in [0, 0.1) is 0 Å². The number of methoxy groups -OCH3 is 1. The maximum Gasteiger partial charge on any atom is 0.256 e. The number of amides is 2. The smallest absolute Gasteiger partial charge is 0.256 e. The van der Waals surface area contributed by atoms with Crippen LogP contribution in [-0.4, -0.2) is 31.5 Å². The number of carbonyl (C=O) groups excluding carboxylic acids is 2. The van der Waals surface area contributed by atoms with Gasteiger partial charge in [0.15, 0.2) is 0 Å². The average molecular weight is 355 g/mol. The number of anilines is 4. The molecule has 0 aliphatic heterocycles. The number of nitrogens with one attached hydrogen (secondary N) is 3. The van der Waals surface area contributed by atoms with Gasteiger partial charge in [-0.25, -0.2) is 4.98 Å². The molecule has 0 saturated heterocycles. The molecule has 0 radical (unpaired) electrons. The number of nitrogen functional groups attached to an aromatic ring is 1. The fraction of sp³-hybridized carbons (Fsp3) is 0.278. The molecule has 2 aromatic rings. The number of rotatable bonds is 7. The Kier molecular flexibility index (Phi) is 4.92. The van der Waals surface area contributed by atoms with Crippen molar-refractivity contribution in [2.24, 2.45) is 0 Å². The van der Waals surface area contributed by atoms with Crippen molar-refractivity contribution in [3.63, 3.8) is 0 Å². The predicted molar refractivity (Wildman–Crippen MR) is 100.0 cm³/mol. The van der Waals surface area contributed by atoms with Crippen LogP contribution in [0.3, 0.4) is 0 Å². The van der Waals surface area contributed by atoms with E-state index in [2.05, 4.69) is 20.9 Å². The van der Waals surface area contributed by atoms with Crippen molar-refractivity contribution in [1.82, 2.24) is 10.3 Å². The van der Waals surface area contributed by atoms with Crippen molar-refractivity contribution in [2.45, 2.75) is 18.8 Å². The van der Waals surface area contributed by atoms with Crippen molar-refractivity contribution in [3.05, 3.63) is 35.4 Å². The van der Waals surface area contributed by atoms with Crippen LogP contribution < -0.4 is 26.4 Å². The number of ether oxygens (including phenoxy) is 1. The van der Waals surface area contributed by atoms with Crippen molar-refractivity contribution >= 4 is 35.3 Å². The molecule has 8 heteroatoms. The highest BCUT2D eigenvalue weighted by Gasteiger charge is 2.25. The standard InChI is InChI=1S/C18H21N5O3/c1-20-18(25)16-13(8-15(21-9-24)23-17(16)19)22-12-6-5-11(10-3-4-10)7-14(12)26-2/h5-10H,3-4H2,1-2H3,(H,20,25)(H4,19,21,22,23,24). The topological polar surface area (TPSA) is 118 Å². The Balaban J connectivity index is 2.02. The van der Waals surface area contributed by atoms with Gasteiger partial charge in [0.05, 0.1) is 18.5 Å². The summed E-state index contributed by atoms with van der Waals surface area (Å²) >= 11 is 0. The first kappa shape index (κ1) is 17.5. The van der Waals surface area contributed by atoms with Crippen molar-refractivity contribution < 1.29 is 14.3 Å². The van der Waals surface area contributed by atoms with Gasteiger partial charge in [-0.2, -0.15) is 0 Å². The molecule has 0 bridgehead atoms. The summed E-state index contributed by atoms with van der Waals surface area (Å²) < 4.78 is 5.49. The zero-order chi connectivity index (χ0) is 18.7. The molecule has 136 valence electrons. The fourth-order valence-electron chi connectivity index (χ4n) is 2.79. The summed E-state index contributed by atoms with van der Waals surface area (Å²) in [6, 6.07) is 7.49. The minimum absolute atomic E-state index is 0.00673. The number of hydrogen-bond donors (Lipinski definition) is 4. The first-order valence-corrected chi connectivity index (χ1v) is 8.25. The van der Waals surface area contributed by atoms with Crippen LogP contribution in [-0.2, 0) is 4.79 Å². The highest BCUT2D eigenvalue weighted by atomic mass is 16.5. The molecule has 1 heterocycles. The third-order valence-electron chi connectivity index (χ3n) is 4.25. The molecule has 1 aliphatic carbocycles. The molecular weight excluding hydrogens is 334 g/mol. The lowest BCUT2D eigenvalue weighted by molar-refractivity contribution is -0.105. The Labute approximate surface area is 151 Å². The molecular formula is C18H21N5O3. The summed E-state index contributed by atoms with van der Waals surface area (Å²) in [5.41, 5.74) is 8.45. The summed E-state index contributed by atoms with van der Waals surface area (Å²) in [7, 11) is 3.10. The molecule has 1 saturated carbocycles. The molecule has 1 aliphatic rings. The van der Waals surface area contributed by atoms with Gasteiger partial charge in [0, 0.05) is 13.1 Å². The van der Waals surface area contributed by atoms with Crippen LogP contribution >= 0.6 is 0 Å². The van der Waals surface area contributed by atoms with Gasteiger partial charge in [-0.1, -0.05) is 6.07 Å². The summed E-state index contributed by atoms with van der Waals surface area (Å²) in [5, 5.41) is 8.16. The monoisotopic (exact) mass is 355 g/mol. The van der Waals surface area contributed by atoms with Crippen molar-refractivity contribution in [2.75, 3.05) is 30.5 Å². The van der Waals surface area contributed by atoms with Gasteiger partial charge < -0.3 is 26.4 Å². The number of carbonyl (C=O) groups is 2. The SMILES string of the molecule is CNC(=O)c1c(Nc2ccc(C3CC3)cc2OC)cc(NC=O)nc1N. The largest absolute Gasteiger partial charge is 0.495 e. The van der Waals surface area contributed by atoms with Gasteiger partial charge in [-0.3, -0.25) is 9.59 Å². The summed E-state index contributed by atoms with van der Waals surface area (Å²) in [4.78, 5) is 27.0. The Morgan fingerprint density at radius 2 is 2.08 bits per heavy atom. The molecule has 1 aromatic carbocycles. The number of aromatic nitrogens is 1. The van der Waals surface area contributed by atoms with E-state index in [9.17, 15) is 9.59 Å². The zero-order valence-electron chi connectivity index (χ0n) is 14.6. The molecule has 1 fully saturated rings. The summed E-state index contributed by atoms with van der Waals surface area (Å²) in [6.45, 7) is 0. The molecule has 0 atom stereocenters. The van der Waals surface area contributed by atoms with Crippen LogP contribution in [0.15, 0.2) is 24.3 Å². The minimum Gasteiger partial charge on any atom is -0.495 e. The summed E-state index contributed by atoms with van der Waals surface area (Å²) in [5.74, 6) is 1.12. The number of benzene rings is 1. The Hall–Kier alpha value is -3.29. The highest BCUT2D eigenvalue weighted by Crippen LogP contribution is 2.43. The lowest BCUT2D eigenvalue weighted by Crippen LogP contribution is -2.22. The first-order chi connectivity index (χ1) is 12.6. The molecule has 1 aromatic heterocycles. The van der Waals surface area contributed by atoms with E-state index in [1.807, 2.05) is 18.2 Å². The highest BCUT2D eigenvalue weighted by molar-refractivity contribution is 6.05. The molecule has 2 amide bonds. The molecule has 8 nitrogen and oxygen atoms in total. The zero-order valence-corrected chi connectivity index (χ0v) is 14.6. The van der Waals surface area contributed by atoms with Crippen LogP contribution in [0.2, 0.25) is 0 Å². The van der Waals surface area contributed by atoms with E-state index in [4.69, 9.17) is 10.5 Å². The van der Waals surface area contributed by atoms with Crippen LogP contribution in [0.1, 0.15) is 34.7 Å². The van der Waals surface area contributed by atoms with Gasteiger partial charge >= 0.3 is 0 Å². The minimum atomic E-state index is -0.385. The van der Waals surface area contributed by atoms with Crippen LogP contribution in [0.5, 0.6) is 5.75 Å². The second-order valence-corrected chi connectivity index (χ2v) is 6.02. The Morgan fingerprint density at radius 3 is 2.69 bits per heavy atom. The van der Waals surface area contributed by atoms with Crippen LogP contribution in [0.4, 0.5) is 23.0 Å². The van der Waals surface area contributed by atoms with E-state index >= 15 is 0 Å². The van der Waals surface area contributed by atoms with Crippen molar-refractivity contribution in [3.8, 4) is 5.75 Å². The third-order valence-corrected chi connectivity index (χ3v) is 4.25. The normalized spacial score (nSPS) is 13.0. The van der Waals surface area contributed by atoms with E-state index in [1.165, 1.54) is 25.5 Å². The number of hydrogen-bond acceptors (Lipinski definition) is 6. The molecule has 5 N–H and O–H groups in total. The Bertz CT molecular complexity index is 849. The molecule has 0 unspecified atom stereocenters.